The monoisotopic (exact) mass is 475 g/mol. The van der Waals surface area contributed by atoms with Crippen LogP contribution in [0.1, 0.15) is 5.56 Å². The maximum atomic E-state index is 2.16. The fourth-order valence-corrected chi connectivity index (χ4v) is 1.31. The molecule has 2 rings (SSSR count). The molecule has 0 heterocycles. The van der Waals surface area contributed by atoms with Crippen molar-refractivity contribution >= 4 is 58.7 Å². The SMILES string of the molecule is C[c-]1ccc2ccccc21.I.I.[Zr]. The predicted molar refractivity (Wildman–Crippen MR) is 75.1 cm³/mol. The quantitative estimate of drug-likeness (QED) is 0.397. The van der Waals surface area contributed by atoms with E-state index in [9.17, 15) is 0 Å². The molecule has 0 N–H and O–H groups in total. The van der Waals surface area contributed by atoms with Gasteiger partial charge >= 0.3 is 0 Å². The second kappa shape index (κ2) is 7.46. The van der Waals surface area contributed by atoms with Gasteiger partial charge in [0, 0.05) is 26.2 Å². The van der Waals surface area contributed by atoms with Crippen LogP contribution in [0.3, 0.4) is 0 Å². The predicted octanol–water partition coefficient (Wildman–Crippen LogP) is 4.10. The summed E-state index contributed by atoms with van der Waals surface area (Å²) in [6.45, 7) is 2.14. The normalized spacial score (nSPS) is 8.08. The third kappa shape index (κ3) is 3.67. The van der Waals surface area contributed by atoms with Crippen molar-refractivity contribution in [2.75, 3.05) is 0 Å². The fourth-order valence-electron chi connectivity index (χ4n) is 1.31. The molecule has 0 aliphatic rings. The summed E-state index contributed by atoms with van der Waals surface area (Å²) in [5.74, 6) is 0. The molecular weight excluding hydrogens is 465 g/mol. The number of aryl methyl sites for hydroxylation is 1. The largest absolute Gasteiger partial charge is 0.168 e. The Kier molecular flexibility index (Phi) is 9.53. The number of halogens is 2. The molecule has 0 bridgehead atoms. The van der Waals surface area contributed by atoms with Gasteiger partial charge in [0.2, 0.25) is 0 Å². The average Bonchev–Trinajstić information content (AvgIpc) is 2.34. The summed E-state index contributed by atoms with van der Waals surface area (Å²) >= 11 is 0. The van der Waals surface area contributed by atoms with Crippen LogP contribution in [-0.2, 0) is 26.2 Å². The van der Waals surface area contributed by atoms with Crippen molar-refractivity contribution in [1.29, 1.82) is 0 Å². The van der Waals surface area contributed by atoms with E-state index < -0.39 is 0 Å². The molecule has 2 aromatic carbocycles. The van der Waals surface area contributed by atoms with Gasteiger partial charge in [0.25, 0.3) is 0 Å². The van der Waals surface area contributed by atoms with Crippen LogP contribution in [0.15, 0.2) is 36.4 Å². The van der Waals surface area contributed by atoms with E-state index in [0.29, 0.717) is 0 Å². The number of benzene rings is 1. The van der Waals surface area contributed by atoms with Crippen LogP contribution in [0.5, 0.6) is 0 Å². The Morgan fingerprint density at radius 3 is 2.23 bits per heavy atom. The standard InChI is InChI=1S/C10H9.2HI.Zr/c1-8-6-7-9-4-2-3-5-10(8)9;;;/h2-7H,1H3;2*1H;/q-1;;;. The van der Waals surface area contributed by atoms with E-state index >= 15 is 0 Å². The van der Waals surface area contributed by atoms with Gasteiger partial charge in [-0.2, -0.15) is 12.1 Å². The molecule has 2 aromatic rings. The number of hydrogen-bond donors (Lipinski definition) is 0. The Morgan fingerprint density at radius 1 is 1.00 bits per heavy atom. The molecule has 0 atom stereocenters. The van der Waals surface area contributed by atoms with Gasteiger partial charge in [-0.15, -0.1) is 82.5 Å². The Labute approximate surface area is 132 Å². The van der Waals surface area contributed by atoms with Crippen LogP contribution in [0.2, 0.25) is 0 Å². The van der Waals surface area contributed by atoms with Crippen LogP contribution in [-0.4, -0.2) is 0 Å². The van der Waals surface area contributed by atoms with Gasteiger partial charge in [-0.05, 0) is 0 Å². The van der Waals surface area contributed by atoms with Crippen molar-refractivity contribution in [3.8, 4) is 0 Å². The molecule has 13 heavy (non-hydrogen) atoms. The van der Waals surface area contributed by atoms with Crippen molar-refractivity contribution in [1.82, 2.24) is 0 Å². The molecular formula is C10H11I2Zr-. The Bertz CT molecular complexity index is 354. The Morgan fingerprint density at radius 2 is 1.62 bits per heavy atom. The van der Waals surface area contributed by atoms with Crippen LogP contribution in [0.4, 0.5) is 0 Å². The van der Waals surface area contributed by atoms with E-state index in [1.807, 2.05) is 0 Å². The van der Waals surface area contributed by atoms with Crippen molar-refractivity contribution in [3.63, 3.8) is 0 Å². The summed E-state index contributed by atoms with van der Waals surface area (Å²) in [5, 5.41) is 2.72. The third-order valence-corrected chi connectivity index (χ3v) is 1.90. The molecule has 0 aliphatic carbocycles. The van der Waals surface area contributed by atoms with Gasteiger partial charge in [0.1, 0.15) is 0 Å². The average molecular weight is 476 g/mol. The van der Waals surface area contributed by atoms with Crippen LogP contribution in [0, 0.1) is 6.92 Å². The van der Waals surface area contributed by atoms with E-state index in [-0.39, 0.29) is 74.2 Å². The molecule has 0 radical (unpaired) electrons. The smallest absolute Gasteiger partial charge is 0 e. The molecule has 0 unspecified atom stereocenters. The van der Waals surface area contributed by atoms with E-state index in [1.54, 1.807) is 0 Å². The summed E-state index contributed by atoms with van der Waals surface area (Å²) in [5.41, 5.74) is 1.37. The van der Waals surface area contributed by atoms with E-state index in [1.165, 1.54) is 16.3 Å². The topological polar surface area (TPSA) is 0 Å². The van der Waals surface area contributed by atoms with Crippen LogP contribution < -0.4 is 0 Å². The van der Waals surface area contributed by atoms with Gasteiger partial charge in [-0.3, -0.25) is 0 Å². The first kappa shape index (κ1) is 16.6. The second-order valence-corrected chi connectivity index (χ2v) is 2.60. The summed E-state index contributed by atoms with van der Waals surface area (Å²) in [7, 11) is 0. The summed E-state index contributed by atoms with van der Waals surface area (Å²) < 4.78 is 0. The van der Waals surface area contributed by atoms with E-state index in [0.717, 1.165) is 0 Å². The minimum absolute atomic E-state index is 0. The summed E-state index contributed by atoms with van der Waals surface area (Å²) in [6.07, 6.45) is 0. The van der Waals surface area contributed by atoms with E-state index in [4.69, 9.17) is 0 Å². The molecule has 0 saturated heterocycles. The summed E-state index contributed by atoms with van der Waals surface area (Å²) in [6, 6.07) is 12.8. The maximum Gasteiger partial charge on any atom is 0 e. The van der Waals surface area contributed by atoms with Gasteiger partial charge in [0.15, 0.2) is 0 Å². The number of rotatable bonds is 0. The molecule has 0 spiro atoms. The van der Waals surface area contributed by atoms with E-state index in [2.05, 4.69) is 43.3 Å². The van der Waals surface area contributed by atoms with Crippen molar-refractivity contribution < 1.29 is 26.2 Å². The zero-order valence-corrected chi connectivity index (χ0v) is 14.4. The first-order valence-electron chi connectivity index (χ1n) is 3.49. The van der Waals surface area contributed by atoms with Crippen molar-refractivity contribution in [2.45, 2.75) is 6.92 Å². The molecule has 0 fully saturated rings. The van der Waals surface area contributed by atoms with Gasteiger partial charge in [0.05, 0.1) is 0 Å². The molecule has 70 valence electrons. The van der Waals surface area contributed by atoms with Gasteiger partial charge in [-0.25, -0.2) is 0 Å². The number of hydrogen-bond acceptors (Lipinski definition) is 0. The minimum atomic E-state index is 0. The fraction of sp³-hybridized carbons (Fsp3) is 0.100. The second-order valence-electron chi connectivity index (χ2n) is 2.60. The van der Waals surface area contributed by atoms with Crippen molar-refractivity contribution in [2.24, 2.45) is 0 Å². The molecule has 0 aromatic heterocycles. The zero-order chi connectivity index (χ0) is 6.97. The zero-order valence-electron chi connectivity index (χ0n) is 7.28. The maximum absolute atomic E-state index is 2.16. The van der Waals surface area contributed by atoms with Gasteiger partial charge in [-0.1, -0.05) is 13.0 Å². The molecule has 0 aliphatic heterocycles. The Hall–Kier alpha value is 1.17. The first-order valence-corrected chi connectivity index (χ1v) is 3.49. The number of fused-ring (bicyclic) bond motifs is 1. The van der Waals surface area contributed by atoms with Crippen LogP contribution >= 0.6 is 48.0 Å². The Balaban J connectivity index is 0. The summed E-state index contributed by atoms with van der Waals surface area (Å²) in [4.78, 5) is 0. The van der Waals surface area contributed by atoms with Gasteiger partial charge < -0.3 is 0 Å². The molecule has 3 heteroatoms. The molecule has 0 nitrogen and oxygen atoms in total. The minimum Gasteiger partial charge on any atom is -0.168 e. The van der Waals surface area contributed by atoms with Crippen molar-refractivity contribution in [3.05, 3.63) is 42.0 Å². The molecule has 0 amide bonds. The van der Waals surface area contributed by atoms with Crippen LogP contribution in [0.25, 0.3) is 10.8 Å². The third-order valence-electron chi connectivity index (χ3n) is 1.90. The first-order chi connectivity index (χ1) is 4.88. The molecule has 0 saturated carbocycles.